The molecule has 4 nitrogen and oxygen atoms in total. The average Bonchev–Trinajstić information content (AvgIpc) is 3.41. The Morgan fingerprint density at radius 3 is 2.56 bits per heavy atom. The molecule has 2 N–H and O–H groups in total. The number of aliphatic imine (C=N–C) groups is 1. The van der Waals surface area contributed by atoms with Crippen molar-refractivity contribution in [3.63, 3.8) is 0 Å². The lowest BCUT2D eigenvalue weighted by molar-refractivity contribution is 0.187. The number of piperidine rings is 1. The lowest BCUT2D eigenvalue weighted by Gasteiger charge is -2.34. The van der Waals surface area contributed by atoms with E-state index in [1.807, 2.05) is 7.05 Å². The molecule has 2 fully saturated rings. The number of nitrogens with one attached hydrogen (secondary N) is 2. The number of halogens is 2. The zero-order chi connectivity index (χ0) is 18.6. The first-order valence-electron chi connectivity index (χ1n) is 9.96. The third-order valence-corrected chi connectivity index (χ3v) is 6.15. The van der Waals surface area contributed by atoms with Gasteiger partial charge in [-0.25, -0.2) is 0 Å². The van der Waals surface area contributed by atoms with Gasteiger partial charge in [0, 0.05) is 49.2 Å². The van der Waals surface area contributed by atoms with Crippen molar-refractivity contribution in [3.8, 4) is 0 Å². The Kier molecular flexibility index (Phi) is 8.87. The predicted octanol–water partition coefficient (Wildman–Crippen LogP) is 4.38. The first kappa shape index (κ1) is 22.9. The minimum Gasteiger partial charge on any atom is -0.356 e. The summed E-state index contributed by atoms with van der Waals surface area (Å²) in [5, 5.41) is 7.24. The Morgan fingerprint density at radius 1 is 1.30 bits per heavy atom. The second-order valence-electron chi connectivity index (χ2n) is 8.33. The van der Waals surface area contributed by atoms with Gasteiger partial charge >= 0.3 is 0 Å². The van der Waals surface area contributed by atoms with Gasteiger partial charge in [0.15, 0.2) is 5.96 Å². The Morgan fingerprint density at radius 2 is 2.00 bits per heavy atom. The number of likely N-dealkylation sites (tertiary alicyclic amines) is 1. The van der Waals surface area contributed by atoms with Gasteiger partial charge in [-0.15, -0.1) is 24.0 Å². The summed E-state index contributed by atoms with van der Waals surface area (Å²) in [4.78, 5) is 7.05. The molecule has 27 heavy (non-hydrogen) atoms. The summed E-state index contributed by atoms with van der Waals surface area (Å²) in [6.45, 7) is 9.15. The maximum Gasteiger partial charge on any atom is 0.191 e. The van der Waals surface area contributed by atoms with Gasteiger partial charge in [-0.1, -0.05) is 41.9 Å². The third kappa shape index (κ3) is 6.60. The Hall–Kier alpha value is -0.340. The fraction of sp³-hybridized carbons (Fsp3) is 0.667. The van der Waals surface area contributed by atoms with E-state index in [9.17, 15) is 0 Å². The van der Waals surface area contributed by atoms with Crippen LogP contribution < -0.4 is 10.6 Å². The highest BCUT2D eigenvalue weighted by Crippen LogP contribution is 2.48. The zero-order valence-electron chi connectivity index (χ0n) is 16.8. The average molecular weight is 549 g/mol. The molecule has 1 saturated heterocycles. The maximum atomic E-state index is 4.46. The number of hydrogen-bond donors (Lipinski definition) is 2. The molecule has 3 rings (SSSR count). The van der Waals surface area contributed by atoms with E-state index in [0.29, 0.717) is 6.04 Å². The summed E-state index contributed by atoms with van der Waals surface area (Å²) < 4.78 is 1.16. The Balaban J connectivity index is 0.00000261. The highest BCUT2D eigenvalue weighted by atomic mass is 127. The number of guanidine groups is 1. The highest BCUT2D eigenvalue weighted by Gasteiger charge is 2.44. The van der Waals surface area contributed by atoms with E-state index in [1.165, 1.54) is 50.9 Å². The summed E-state index contributed by atoms with van der Waals surface area (Å²) in [6, 6.07) is 9.28. The molecule has 0 amide bonds. The lowest BCUT2D eigenvalue weighted by Crippen LogP contribution is -2.50. The van der Waals surface area contributed by atoms with Crippen LogP contribution >= 0.6 is 39.9 Å². The number of nitrogens with zero attached hydrogens (tertiary/aromatic N) is 2. The van der Waals surface area contributed by atoms with E-state index in [-0.39, 0.29) is 29.4 Å². The number of hydrogen-bond acceptors (Lipinski definition) is 2. The van der Waals surface area contributed by atoms with E-state index < -0.39 is 0 Å². The number of benzene rings is 1. The monoisotopic (exact) mass is 548 g/mol. The Labute approximate surface area is 190 Å². The molecule has 2 aliphatic rings. The third-order valence-electron chi connectivity index (χ3n) is 5.66. The van der Waals surface area contributed by atoms with Crippen LogP contribution in [0.4, 0.5) is 0 Å². The van der Waals surface area contributed by atoms with Crippen LogP contribution in [0.3, 0.4) is 0 Å². The van der Waals surface area contributed by atoms with E-state index in [2.05, 4.69) is 74.6 Å². The van der Waals surface area contributed by atoms with Gasteiger partial charge in [0.05, 0.1) is 0 Å². The second-order valence-corrected chi connectivity index (χ2v) is 9.25. The molecule has 0 spiro atoms. The van der Waals surface area contributed by atoms with Gasteiger partial charge in [-0.2, -0.15) is 0 Å². The van der Waals surface area contributed by atoms with Crippen molar-refractivity contribution in [3.05, 3.63) is 34.3 Å². The van der Waals surface area contributed by atoms with Crippen LogP contribution in [0.1, 0.15) is 45.1 Å². The molecule has 0 aromatic heterocycles. The van der Waals surface area contributed by atoms with Crippen molar-refractivity contribution in [1.82, 2.24) is 15.5 Å². The molecule has 0 atom stereocenters. The van der Waals surface area contributed by atoms with Crippen LogP contribution in [0.5, 0.6) is 0 Å². The smallest absolute Gasteiger partial charge is 0.191 e. The maximum absolute atomic E-state index is 4.46. The quantitative estimate of drug-likeness (QED) is 0.315. The van der Waals surface area contributed by atoms with Crippen molar-refractivity contribution in [2.75, 3.05) is 33.2 Å². The molecule has 1 aromatic rings. The van der Waals surface area contributed by atoms with E-state index in [1.54, 1.807) is 0 Å². The van der Waals surface area contributed by atoms with Crippen LogP contribution in [0.15, 0.2) is 33.7 Å². The molecule has 1 saturated carbocycles. The molecule has 1 aliphatic heterocycles. The van der Waals surface area contributed by atoms with E-state index in [0.717, 1.165) is 22.9 Å². The van der Waals surface area contributed by atoms with Gasteiger partial charge in [0.25, 0.3) is 0 Å². The lowest BCUT2D eigenvalue weighted by atomic mass is 9.96. The molecule has 1 heterocycles. The highest BCUT2D eigenvalue weighted by molar-refractivity contribution is 14.0. The van der Waals surface area contributed by atoms with E-state index in [4.69, 9.17) is 0 Å². The fourth-order valence-electron chi connectivity index (χ4n) is 3.95. The largest absolute Gasteiger partial charge is 0.356 e. The van der Waals surface area contributed by atoms with Crippen molar-refractivity contribution in [2.45, 2.75) is 51.0 Å². The van der Waals surface area contributed by atoms with Crippen LogP contribution in [0.2, 0.25) is 0 Å². The van der Waals surface area contributed by atoms with Crippen molar-refractivity contribution >= 4 is 45.9 Å². The van der Waals surface area contributed by atoms with Gasteiger partial charge in [0.1, 0.15) is 0 Å². The van der Waals surface area contributed by atoms with Crippen molar-refractivity contribution < 1.29 is 0 Å². The molecule has 1 aliphatic carbocycles. The zero-order valence-corrected chi connectivity index (χ0v) is 20.7. The van der Waals surface area contributed by atoms with Gasteiger partial charge in [-0.3, -0.25) is 4.99 Å². The summed E-state index contributed by atoms with van der Waals surface area (Å²) in [7, 11) is 1.88. The predicted molar refractivity (Wildman–Crippen MR) is 129 cm³/mol. The molecule has 152 valence electrons. The van der Waals surface area contributed by atoms with Crippen LogP contribution in [-0.2, 0) is 5.41 Å². The topological polar surface area (TPSA) is 39.7 Å². The normalized spacial score (nSPS) is 20.3. The molecule has 6 heteroatoms. The fourth-order valence-corrected chi connectivity index (χ4v) is 4.35. The molecule has 1 aromatic carbocycles. The summed E-state index contributed by atoms with van der Waals surface area (Å²) in [5.41, 5.74) is 1.71. The summed E-state index contributed by atoms with van der Waals surface area (Å²) in [6.07, 6.45) is 4.90. The second kappa shape index (κ2) is 10.4. The van der Waals surface area contributed by atoms with Crippen LogP contribution in [0, 0.1) is 5.92 Å². The Bertz CT molecular complexity index is 622. The number of rotatable bonds is 6. The minimum atomic E-state index is 0. The molecule has 0 unspecified atom stereocenters. The molecule has 0 bridgehead atoms. The first-order valence-corrected chi connectivity index (χ1v) is 10.8. The summed E-state index contributed by atoms with van der Waals surface area (Å²) in [5.74, 6) is 1.70. The van der Waals surface area contributed by atoms with Gasteiger partial charge in [0.2, 0.25) is 0 Å². The van der Waals surface area contributed by atoms with Crippen LogP contribution in [0.25, 0.3) is 0 Å². The standard InChI is InChI=1S/C21H33BrN4.HI/c1-16(2)14-26-11-7-19(8-12-26)25-20(23-3)24-15-21(9-10-21)17-5-4-6-18(22)13-17;/h4-6,13,16,19H,7-12,14-15H2,1-3H3,(H2,23,24,25);1H. The first-order chi connectivity index (χ1) is 12.5. The van der Waals surface area contributed by atoms with Crippen molar-refractivity contribution in [2.24, 2.45) is 10.9 Å². The minimum absolute atomic E-state index is 0. The molecular weight excluding hydrogens is 515 g/mol. The molecular formula is C21H34BrIN4. The SMILES string of the molecule is CN=C(NCC1(c2cccc(Br)c2)CC1)NC1CCN(CC(C)C)CC1.I. The summed E-state index contributed by atoms with van der Waals surface area (Å²) >= 11 is 3.60. The van der Waals surface area contributed by atoms with E-state index >= 15 is 0 Å². The van der Waals surface area contributed by atoms with Gasteiger partial charge < -0.3 is 15.5 Å². The van der Waals surface area contributed by atoms with Gasteiger partial charge in [-0.05, 0) is 49.3 Å². The van der Waals surface area contributed by atoms with Crippen molar-refractivity contribution in [1.29, 1.82) is 0 Å². The van der Waals surface area contributed by atoms with Crippen LogP contribution in [-0.4, -0.2) is 50.1 Å². The molecule has 0 radical (unpaired) electrons.